The average Bonchev–Trinajstić information content (AvgIpc) is 3.05. The molecule has 3 aromatic carbocycles. The zero-order chi connectivity index (χ0) is 20.5. The van der Waals surface area contributed by atoms with Crippen molar-refractivity contribution in [2.45, 2.75) is 6.54 Å². The van der Waals surface area contributed by atoms with Crippen LogP contribution in [-0.4, -0.2) is 26.7 Å². The molecular formula is C23H16BrN5O. The predicted octanol–water partition coefficient (Wildman–Crippen LogP) is 4.65. The summed E-state index contributed by atoms with van der Waals surface area (Å²) in [6.07, 6.45) is 1.62. The Morgan fingerprint density at radius 2 is 1.73 bits per heavy atom. The number of hydrazone groups is 1. The molecule has 5 aromatic rings. The van der Waals surface area contributed by atoms with Crippen LogP contribution < -0.4 is 5.43 Å². The second-order valence-corrected chi connectivity index (χ2v) is 7.75. The number of hydrogen-bond donors (Lipinski definition) is 1. The molecule has 146 valence electrons. The number of para-hydroxylation sites is 2. The van der Waals surface area contributed by atoms with E-state index in [1.807, 2.05) is 77.4 Å². The van der Waals surface area contributed by atoms with Crippen molar-refractivity contribution < 1.29 is 4.79 Å². The van der Waals surface area contributed by atoms with Crippen molar-refractivity contribution in [2.75, 3.05) is 0 Å². The maximum Gasteiger partial charge on any atom is 0.260 e. The number of carbonyl (C=O) groups is 1. The number of fused-ring (bicyclic) bond motifs is 4. The molecule has 0 unspecified atom stereocenters. The van der Waals surface area contributed by atoms with Gasteiger partial charge < -0.3 is 4.57 Å². The predicted molar refractivity (Wildman–Crippen MR) is 122 cm³/mol. The summed E-state index contributed by atoms with van der Waals surface area (Å²) in [5, 5.41) is 5.01. The molecule has 0 spiro atoms. The van der Waals surface area contributed by atoms with Gasteiger partial charge in [-0.05, 0) is 35.9 Å². The highest BCUT2D eigenvalue weighted by molar-refractivity contribution is 9.10. The first-order valence-corrected chi connectivity index (χ1v) is 10.2. The second kappa shape index (κ2) is 7.68. The minimum atomic E-state index is -0.237. The normalized spacial score (nSPS) is 11.6. The SMILES string of the molecule is O=C(Cn1c2ccc(Br)cc2c2nc3ccccc3nc21)NN=Cc1ccccc1. The third kappa shape index (κ3) is 3.44. The lowest BCUT2D eigenvalue weighted by atomic mass is 10.2. The zero-order valence-electron chi connectivity index (χ0n) is 15.8. The molecule has 0 fully saturated rings. The van der Waals surface area contributed by atoms with Crippen molar-refractivity contribution in [1.82, 2.24) is 20.0 Å². The van der Waals surface area contributed by atoms with E-state index in [4.69, 9.17) is 9.97 Å². The Kier molecular flexibility index (Phi) is 4.72. The summed E-state index contributed by atoms with van der Waals surface area (Å²) in [6, 6.07) is 23.2. The Morgan fingerprint density at radius 1 is 1.00 bits per heavy atom. The number of aromatic nitrogens is 3. The van der Waals surface area contributed by atoms with E-state index in [1.54, 1.807) is 6.21 Å². The van der Waals surface area contributed by atoms with Crippen molar-refractivity contribution >= 4 is 61.2 Å². The maximum absolute atomic E-state index is 12.6. The Balaban J connectivity index is 1.54. The molecule has 0 aliphatic rings. The molecule has 5 rings (SSSR count). The number of benzene rings is 3. The summed E-state index contributed by atoms with van der Waals surface area (Å²) in [6.45, 7) is 0.0841. The van der Waals surface area contributed by atoms with E-state index in [2.05, 4.69) is 26.5 Å². The number of nitrogens with zero attached hydrogens (tertiary/aromatic N) is 4. The fourth-order valence-corrected chi connectivity index (χ4v) is 3.83. The van der Waals surface area contributed by atoms with E-state index in [0.29, 0.717) is 5.65 Å². The molecule has 7 heteroatoms. The fourth-order valence-electron chi connectivity index (χ4n) is 3.46. The van der Waals surface area contributed by atoms with E-state index in [1.165, 1.54) is 0 Å². The third-order valence-electron chi connectivity index (χ3n) is 4.82. The summed E-state index contributed by atoms with van der Waals surface area (Å²) >= 11 is 3.53. The molecule has 1 amide bonds. The van der Waals surface area contributed by atoms with Crippen molar-refractivity contribution in [3.05, 3.63) is 82.8 Å². The summed E-state index contributed by atoms with van der Waals surface area (Å²) in [5.74, 6) is -0.237. The number of halogens is 1. The first-order chi connectivity index (χ1) is 14.7. The zero-order valence-corrected chi connectivity index (χ0v) is 17.4. The Morgan fingerprint density at radius 3 is 2.53 bits per heavy atom. The molecule has 0 aliphatic heterocycles. The number of rotatable bonds is 4. The molecule has 0 radical (unpaired) electrons. The van der Waals surface area contributed by atoms with Crippen LogP contribution in [0.4, 0.5) is 0 Å². The van der Waals surface area contributed by atoms with E-state index in [0.717, 1.165) is 37.5 Å². The quantitative estimate of drug-likeness (QED) is 0.315. The van der Waals surface area contributed by atoms with Crippen LogP contribution in [0.15, 0.2) is 82.4 Å². The summed E-state index contributed by atoms with van der Waals surface area (Å²) < 4.78 is 2.82. The Hall–Kier alpha value is -3.58. The van der Waals surface area contributed by atoms with Crippen molar-refractivity contribution in [3.8, 4) is 0 Å². The van der Waals surface area contributed by atoms with E-state index < -0.39 is 0 Å². The molecular weight excluding hydrogens is 442 g/mol. The van der Waals surface area contributed by atoms with E-state index in [9.17, 15) is 4.79 Å². The van der Waals surface area contributed by atoms with Gasteiger partial charge in [-0.15, -0.1) is 0 Å². The highest BCUT2D eigenvalue weighted by Crippen LogP contribution is 2.30. The van der Waals surface area contributed by atoms with Crippen LogP contribution in [0.5, 0.6) is 0 Å². The average molecular weight is 458 g/mol. The van der Waals surface area contributed by atoms with Gasteiger partial charge in [-0.3, -0.25) is 4.79 Å². The van der Waals surface area contributed by atoms with Gasteiger partial charge in [0.15, 0.2) is 5.65 Å². The fraction of sp³-hybridized carbons (Fsp3) is 0.0435. The molecule has 0 bridgehead atoms. The number of amides is 1. The lowest BCUT2D eigenvalue weighted by Crippen LogP contribution is -2.23. The van der Waals surface area contributed by atoms with Crippen LogP contribution in [0.25, 0.3) is 33.1 Å². The van der Waals surface area contributed by atoms with Gasteiger partial charge in [0, 0.05) is 9.86 Å². The van der Waals surface area contributed by atoms with Crippen molar-refractivity contribution in [1.29, 1.82) is 0 Å². The number of nitrogens with one attached hydrogen (secondary N) is 1. The first-order valence-electron chi connectivity index (χ1n) is 9.40. The Bertz CT molecular complexity index is 1430. The topological polar surface area (TPSA) is 72.2 Å². The summed E-state index contributed by atoms with van der Waals surface area (Å²) in [7, 11) is 0. The van der Waals surface area contributed by atoms with Gasteiger partial charge in [-0.2, -0.15) is 5.10 Å². The molecule has 2 heterocycles. The monoisotopic (exact) mass is 457 g/mol. The minimum Gasteiger partial charge on any atom is -0.314 e. The van der Waals surface area contributed by atoms with Crippen LogP contribution in [-0.2, 0) is 11.3 Å². The molecule has 1 N–H and O–H groups in total. The maximum atomic E-state index is 12.6. The molecule has 2 aromatic heterocycles. The standard InChI is InChI=1S/C23H16BrN5O/c24-16-10-11-20-17(12-16)22-23(27-19-9-5-4-8-18(19)26-22)29(20)14-21(30)28-25-13-15-6-2-1-3-7-15/h1-13H,14H2,(H,28,30). The molecule has 0 aliphatic carbocycles. The Labute approximate surface area is 180 Å². The van der Waals surface area contributed by atoms with Gasteiger partial charge in [0.05, 0.1) is 22.8 Å². The van der Waals surface area contributed by atoms with Crippen LogP contribution in [0.2, 0.25) is 0 Å². The largest absolute Gasteiger partial charge is 0.314 e. The molecule has 30 heavy (non-hydrogen) atoms. The number of carbonyl (C=O) groups excluding carboxylic acids is 1. The summed E-state index contributed by atoms with van der Waals surface area (Å²) in [4.78, 5) is 22.2. The smallest absolute Gasteiger partial charge is 0.260 e. The first kappa shape index (κ1) is 18.4. The van der Waals surface area contributed by atoms with E-state index in [-0.39, 0.29) is 12.5 Å². The third-order valence-corrected chi connectivity index (χ3v) is 5.31. The van der Waals surface area contributed by atoms with Crippen LogP contribution in [0, 0.1) is 0 Å². The van der Waals surface area contributed by atoms with Gasteiger partial charge in [-0.25, -0.2) is 15.4 Å². The highest BCUT2D eigenvalue weighted by atomic mass is 79.9. The molecule has 0 saturated heterocycles. The van der Waals surface area contributed by atoms with Gasteiger partial charge in [0.25, 0.3) is 5.91 Å². The van der Waals surface area contributed by atoms with Crippen molar-refractivity contribution in [3.63, 3.8) is 0 Å². The van der Waals surface area contributed by atoms with Gasteiger partial charge in [0.2, 0.25) is 0 Å². The molecule has 0 saturated carbocycles. The number of hydrogen-bond acceptors (Lipinski definition) is 4. The minimum absolute atomic E-state index is 0.0841. The van der Waals surface area contributed by atoms with Crippen molar-refractivity contribution in [2.24, 2.45) is 5.10 Å². The lowest BCUT2D eigenvalue weighted by Gasteiger charge is -2.06. The highest BCUT2D eigenvalue weighted by Gasteiger charge is 2.16. The summed E-state index contributed by atoms with van der Waals surface area (Å²) in [5.41, 5.74) is 7.45. The van der Waals surface area contributed by atoms with Crippen LogP contribution in [0.3, 0.4) is 0 Å². The molecule has 0 atom stereocenters. The second-order valence-electron chi connectivity index (χ2n) is 6.84. The van der Waals surface area contributed by atoms with E-state index >= 15 is 0 Å². The molecule has 6 nitrogen and oxygen atoms in total. The van der Waals surface area contributed by atoms with Gasteiger partial charge >= 0.3 is 0 Å². The van der Waals surface area contributed by atoms with Crippen LogP contribution in [0.1, 0.15) is 5.56 Å². The van der Waals surface area contributed by atoms with Gasteiger partial charge in [-0.1, -0.05) is 58.4 Å². The van der Waals surface area contributed by atoms with Gasteiger partial charge in [0.1, 0.15) is 12.1 Å². The van der Waals surface area contributed by atoms with Crippen LogP contribution >= 0.6 is 15.9 Å². The lowest BCUT2D eigenvalue weighted by molar-refractivity contribution is -0.121.